The molecule has 2 aromatic carbocycles. The number of benzene rings is 2. The molecule has 0 atom stereocenters. The average Bonchev–Trinajstić information content (AvgIpc) is 2.54. The number of thiocarbonyl (C=S) groups is 1. The number of rotatable bonds is 4. The molecule has 2 aromatic rings. The van der Waals surface area contributed by atoms with Crippen LogP contribution in [0.4, 0.5) is 11.4 Å². The first kappa shape index (κ1) is 18.0. The van der Waals surface area contributed by atoms with Crippen LogP contribution in [0.3, 0.4) is 0 Å². The van der Waals surface area contributed by atoms with E-state index in [9.17, 15) is 19.7 Å². The molecule has 0 radical (unpaired) electrons. The van der Waals surface area contributed by atoms with Gasteiger partial charge in [-0.1, -0.05) is 0 Å². The van der Waals surface area contributed by atoms with Gasteiger partial charge in [-0.25, -0.2) is 4.79 Å². The zero-order chi connectivity index (χ0) is 18.6. The SMILES string of the molecule is Cc1cc(C(=O)NC(=S)Nc2ccc(C(=O)O)cc2)ccc1[N+](=O)[O-]. The van der Waals surface area contributed by atoms with E-state index in [2.05, 4.69) is 10.6 Å². The highest BCUT2D eigenvalue weighted by Crippen LogP contribution is 2.18. The predicted molar refractivity (Wildman–Crippen MR) is 94.9 cm³/mol. The predicted octanol–water partition coefficient (Wildman–Crippen LogP) is 2.73. The van der Waals surface area contributed by atoms with Gasteiger partial charge >= 0.3 is 5.97 Å². The first-order valence-electron chi connectivity index (χ1n) is 6.98. The van der Waals surface area contributed by atoms with Crippen LogP contribution in [0.2, 0.25) is 0 Å². The minimum absolute atomic E-state index is 0.0177. The molecule has 0 aliphatic carbocycles. The number of amides is 1. The Kier molecular flexibility index (Phi) is 5.40. The molecule has 1 amide bonds. The van der Waals surface area contributed by atoms with Crippen molar-refractivity contribution in [1.29, 1.82) is 0 Å². The van der Waals surface area contributed by atoms with Crippen molar-refractivity contribution in [3.05, 3.63) is 69.3 Å². The summed E-state index contributed by atoms with van der Waals surface area (Å²) in [7, 11) is 0. The van der Waals surface area contributed by atoms with Crippen LogP contribution in [-0.2, 0) is 0 Å². The van der Waals surface area contributed by atoms with E-state index < -0.39 is 16.8 Å². The summed E-state index contributed by atoms with van der Waals surface area (Å²) >= 11 is 5.03. The van der Waals surface area contributed by atoms with Crippen LogP contribution in [0.15, 0.2) is 42.5 Å². The van der Waals surface area contributed by atoms with Crippen molar-refractivity contribution in [2.45, 2.75) is 6.92 Å². The number of nitro groups is 1. The molecule has 0 saturated heterocycles. The lowest BCUT2D eigenvalue weighted by Crippen LogP contribution is -2.34. The smallest absolute Gasteiger partial charge is 0.335 e. The van der Waals surface area contributed by atoms with E-state index >= 15 is 0 Å². The summed E-state index contributed by atoms with van der Waals surface area (Å²) in [6, 6.07) is 9.81. The van der Waals surface area contributed by atoms with Gasteiger partial charge in [0.2, 0.25) is 0 Å². The summed E-state index contributed by atoms with van der Waals surface area (Å²) in [5, 5.41) is 24.8. The standard InChI is InChI=1S/C16H13N3O5S/c1-9-8-11(4-7-13(9)19(23)24)14(20)18-16(25)17-12-5-2-10(3-6-12)15(21)22/h2-8H,1H3,(H,21,22)(H2,17,18,20,25). The molecule has 0 spiro atoms. The van der Waals surface area contributed by atoms with Gasteiger partial charge in [-0.15, -0.1) is 0 Å². The molecule has 3 N–H and O–H groups in total. The summed E-state index contributed by atoms with van der Waals surface area (Å²) in [6.07, 6.45) is 0. The number of hydrogen-bond acceptors (Lipinski definition) is 5. The summed E-state index contributed by atoms with van der Waals surface area (Å²) in [5.41, 5.74) is 1.15. The summed E-state index contributed by atoms with van der Waals surface area (Å²) in [4.78, 5) is 33.2. The molecule has 8 nitrogen and oxygen atoms in total. The molecular formula is C16H13N3O5S. The van der Waals surface area contributed by atoms with Crippen LogP contribution < -0.4 is 10.6 Å². The number of carboxylic acid groups (broad SMARTS) is 1. The Morgan fingerprint density at radius 2 is 1.72 bits per heavy atom. The van der Waals surface area contributed by atoms with Crippen LogP contribution in [-0.4, -0.2) is 27.0 Å². The van der Waals surface area contributed by atoms with E-state index in [0.717, 1.165) is 0 Å². The minimum atomic E-state index is -1.05. The van der Waals surface area contributed by atoms with Crippen LogP contribution in [0, 0.1) is 17.0 Å². The lowest BCUT2D eigenvalue weighted by atomic mass is 10.1. The van der Waals surface area contributed by atoms with E-state index in [1.165, 1.54) is 49.4 Å². The number of nitrogens with one attached hydrogen (secondary N) is 2. The van der Waals surface area contributed by atoms with Crippen LogP contribution in [0.5, 0.6) is 0 Å². The van der Waals surface area contributed by atoms with Gasteiger partial charge in [-0.05, 0) is 55.5 Å². The van der Waals surface area contributed by atoms with E-state index in [0.29, 0.717) is 11.3 Å². The first-order valence-corrected chi connectivity index (χ1v) is 7.39. The molecular weight excluding hydrogens is 346 g/mol. The maximum atomic E-state index is 12.1. The van der Waals surface area contributed by atoms with E-state index in [1.54, 1.807) is 0 Å². The average molecular weight is 359 g/mol. The zero-order valence-corrected chi connectivity index (χ0v) is 13.8. The van der Waals surface area contributed by atoms with E-state index in [-0.39, 0.29) is 21.9 Å². The van der Waals surface area contributed by atoms with Crippen molar-refractivity contribution in [1.82, 2.24) is 5.32 Å². The largest absolute Gasteiger partial charge is 0.478 e. The third kappa shape index (κ3) is 4.58. The van der Waals surface area contributed by atoms with Crippen molar-refractivity contribution in [2.75, 3.05) is 5.32 Å². The molecule has 0 aliphatic rings. The van der Waals surface area contributed by atoms with Crippen LogP contribution >= 0.6 is 12.2 Å². The van der Waals surface area contributed by atoms with Gasteiger partial charge in [-0.3, -0.25) is 20.2 Å². The fourth-order valence-electron chi connectivity index (χ4n) is 2.04. The van der Waals surface area contributed by atoms with Gasteiger partial charge in [0.05, 0.1) is 10.5 Å². The van der Waals surface area contributed by atoms with Crippen molar-refractivity contribution in [2.24, 2.45) is 0 Å². The van der Waals surface area contributed by atoms with Crippen molar-refractivity contribution in [3.8, 4) is 0 Å². The van der Waals surface area contributed by atoms with Crippen molar-refractivity contribution >= 4 is 40.6 Å². The van der Waals surface area contributed by atoms with Gasteiger partial charge in [0.15, 0.2) is 5.11 Å². The topological polar surface area (TPSA) is 122 Å². The number of hydrogen-bond donors (Lipinski definition) is 3. The molecule has 0 unspecified atom stereocenters. The molecule has 128 valence electrons. The van der Waals surface area contributed by atoms with Gasteiger partial charge in [-0.2, -0.15) is 0 Å². The Morgan fingerprint density at radius 1 is 1.12 bits per heavy atom. The van der Waals surface area contributed by atoms with Gasteiger partial charge in [0.1, 0.15) is 0 Å². The second-order valence-electron chi connectivity index (χ2n) is 5.05. The van der Waals surface area contributed by atoms with E-state index in [1.807, 2.05) is 0 Å². The second kappa shape index (κ2) is 7.49. The highest BCUT2D eigenvalue weighted by molar-refractivity contribution is 7.80. The van der Waals surface area contributed by atoms with Crippen LogP contribution in [0.1, 0.15) is 26.3 Å². The van der Waals surface area contributed by atoms with Crippen molar-refractivity contribution in [3.63, 3.8) is 0 Å². The highest BCUT2D eigenvalue weighted by Gasteiger charge is 2.14. The summed E-state index contributed by atoms with van der Waals surface area (Å²) in [5.74, 6) is -1.56. The fraction of sp³-hybridized carbons (Fsp3) is 0.0625. The lowest BCUT2D eigenvalue weighted by molar-refractivity contribution is -0.385. The number of anilines is 1. The van der Waals surface area contributed by atoms with Gasteiger partial charge < -0.3 is 10.4 Å². The van der Waals surface area contributed by atoms with Gasteiger partial charge in [0.25, 0.3) is 11.6 Å². The molecule has 0 bridgehead atoms. The number of carbonyl (C=O) groups is 2. The van der Waals surface area contributed by atoms with Crippen LogP contribution in [0.25, 0.3) is 0 Å². The van der Waals surface area contributed by atoms with E-state index in [4.69, 9.17) is 17.3 Å². The van der Waals surface area contributed by atoms with Gasteiger partial charge in [0, 0.05) is 22.9 Å². The minimum Gasteiger partial charge on any atom is -0.478 e. The Labute approximate surface area is 147 Å². The number of aromatic carboxylic acids is 1. The molecule has 0 aliphatic heterocycles. The monoisotopic (exact) mass is 359 g/mol. The molecule has 2 rings (SSSR count). The Balaban J connectivity index is 2.02. The summed E-state index contributed by atoms with van der Waals surface area (Å²) < 4.78 is 0. The summed E-state index contributed by atoms with van der Waals surface area (Å²) in [6.45, 7) is 1.54. The molecule has 0 fully saturated rings. The molecule has 9 heteroatoms. The third-order valence-corrected chi connectivity index (χ3v) is 3.48. The quantitative estimate of drug-likeness (QED) is 0.436. The number of carboxylic acids is 1. The number of carbonyl (C=O) groups excluding carboxylic acids is 1. The third-order valence-electron chi connectivity index (χ3n) is 3.27. The maximum Gasteiger partial charge on any atom is 0.335 e. The Hall–Kier alpha value is -3.33. The molecule has 0 saturated carbocycles. The normalized spacial score (nSPS) is 9.96. The molecule has 25 heavy (non-hydrogen) atoms. The number of nitro benzene ring substituents is 1. The molecule has 0 aromatic heterocycles. The first-order chi connectivity index (χ1) is 11.8. The molecule has 0 heterocycles. The number of aryl methyl sites for hydroxylation is 1. The Morgan fingerprint density at radius 3 is 2.24 bits per heavy atom. The second-order valence-corrected chi connectivity index (χ2v) is 5.46. The fourth-order valence-corrected chi connectivity index (χ4v) is 2.25. The number of nitrogens with zero attached hydrogens (tertiary/aromatic N) is 1. The zero-order valence-electron chi connectivity index (χ0n) is 13.0. The van der Waals surface area contributed by atoms with Crippen molar-refractivity contribution < 1.29 is 19.6 Å². The highest BCUT2D eigenvalue weighted by atomic mass is 32.1. The Bertz CT molecular complexity index is 865. The maximum absolute atomic E-state index is 12.1. The lowest BCUT2D eigenvalue weighted by Gasteiger charge is -2.10.